The summed E-state index contributed by atoms with van der Waals surface area (Å²) in [7, 11) is 1.81. The van der Waals surface area contributed by atoms with E-state index in [-0.39, 0.29) is 6.61 Å². The van der Waals surface area contributed by atoms with E-state index >= 15 is 0 Å². The van der Waals surface area contributed by atoms with Crippen molar-refractivity contribution in [2.75, 3.05) is 0 Å². The summed E-state index contributed by atoms with van der Waals surface area (Å²) in [6.45, 7) is 1.85. The Hall–Kier alpha value is -2.05. The molecule has 0 amide bonds. The van der Waals surface area contributed by atoms with Crippen LogP contribution in [0.3, 0.4) is 0 Å². The molecule has 0 saturated heterocycles. The molecular weight excluding hydrogens is 212 g/mol. The standard InChI is InChI=1S/C14H14N2O/c1-11-13(14(10-17)16(2)15-11)9-8-12-6-4-3-5-7-12/h3-7,17H,10H2,1-2H3. The van der Waals surface area contributed by atoms with Gasteiger partial charge in [0.15, 0.2) is 0 Å². The SMILES string of the molecule is Cc1nn(C)c(CO)c1C#Cc1ccccc1. The third kappa shape index (κ3) is 2.38. The molecule has 3 heteroatoms. The lowest BCUT2D eigenvalue weighted by atomic mass is 10.1. The van der Waals surface area contributed by atoms with Gasteiger partial charge in [-0.25, -0.2) is 0 Å². The van der Waals surface area contributed by atoms with Crippen LogP contribution in [0.5, 0.6) is 0 Å². The number of benzene rings is 1. The second-order valence-corrected chi connectivity index (χ2v) is 3.80. The molecule has 1 N–H and O–H groups in total. The van der Waals surface area contributed by atoms with E-state index in [0.29, 0.717) is 0 Å². The molecule has 1 heterocycles. The molecule has 0 unspecified atom stereocenters. The van der Waals surface area contributed by atoms with Crippen molar-refractivity contribution >= 4 is 0 Å². The number of aliphatic hydroxyl groups is 1. The van der Waals surface area contributed by atoms with Gasteiger partial charge in [0.1, 0.15) is 0 Å². The van der Waals surface area contributed by atoms with E-state index in [1.54, 1.807) is 4.68 Å². The third-order valence-electron chi connectivity index (χ3n) is 2.60. The van der Waals surface area contributed by atoms with Crippen LogP contribution in [0.2, 0.25) is 0 Å². The first kappa shape index (κ1) is 11.4. The van der Waals surface area contributed by atoms with Crippen molar-refractivity contribution in [3.63, 3.8) is 0 Å². The van der Waals surface area contributed by atoms with E-state index in [1.807, 2.05) is 44.3 Å². The van der Waals surface area contributed by atoms with E-state index < -0.39 is 0 Å². The minimum Gasteiger partial charge on any atom is -0.390 e. The van der Waals surface area contributed by atoms with Crippen LogP contribution in [0.25, 0.3) is 0 Å². The molecule has 17 heavy (non-hydrogen) atoms. The van der Waals surface area contributed by atoms with Crippen molar-refractivity contribution in [3.05, 3.63) is 52.8 Å². The number of rotatable bonds is 1. The normalized spacial score (nSPS) is 9.82. The van der Waals surface area contributed by atoms with Gasteiger partial charge in [-0.2, -0.15) is 5.10 Å². The van der Waals surface area contributed by atoms with Gasteiger partial charge in [-0.15, -0.1) is 0 Å². The summed E-state index contributed by atoms with van der Waals surface area (Å²) < 4.78 is 1.67. The van der Waals surface area contributed by atoms with Gasteiger partial charge in [0.25, 0.3) is 0 Å². The number of aromatic nitrogens is 2. The Morgan fingerprint density at radius 1 is 1.24 bits per heavy atom. The fourth-order valence-corrected chi connectivity index (χ4v) is 1.71. The molecule has 0 saturated carbocycles. The lowest BCUT2D eigenvalue weighted by Gasteiger charge is -1.96. The molecule has 0 aliphatic carbocycles. The Balaban J connectivity index is 2.40. The average molecular weight is 226 g/mol. The van der Waals surface area contributed by atoms with E-state index in [2.05, 4.69) is 16.9 Å². The molecule has 0 radical (unpaired) electrons. The van der Waals surface area contributed by atoms with Crippen LogP contribution in [0.15, 0.2) is 30.3 Å². The number of hydrogen-bond acceptors (Lipinski definition) is 2. The quantitative estimate of drug-likeness (QED) is 0.750. The molecule has 1 aromatic carbocycles. The maximum atomic E-state index is 9.28. The number of nitrogens with zero attached hydrogens (tertiary/aromatic N) is 2. The third-order valence-corrected chi connectivity index (χ3v) is 2.60. The molecule has 0 aliphatic rings. The Bertz CT molecular complexity index is 574. The molecular formula is C14H14N2O. The van der Waals surface area contributed by atoms with Crippen molar-refractivity contribution in [3.8, 4) is 11.8 Å². The zero-order chi connectivity index (χ0) is 12.3. The molecule has 2 rings (SSSR count). The fourth-order valence-electron chi connectivity index (χ4n) is 1.71. The predicted octanol–water partition coefficient (Wildman–Crippen LogP) is 1.62. The molecule has 1 aromatic heterocycles. The molecule has 0 bridgehead atoms. The van der Waals surface area contributed by atoms with Gasteiger partial charge in [0.05, 0.1) is 23.6 Å². The molecule has 86 valence electrons. The van der Waals surface area contributed by atoms with Crippen LogP contribution < -0.4 is 0 Å². The van der Waals surface area contributed by atoms with Gasteiger partial charge in [-0.3, -0.25) is 4.68 Å². The van der Waals surface area contributed by atoms with E-state index in [1.165, 1.54) is 0 Å². The highest BCUT2D eigenvalue weighted by atomic mass is 16.3. The van der Waals surface area contributed by atoms with E-state index in [4.69, 9.17) is 0 Å². The van der Waals surface area contributed by atoms with Crippen molar-refractivity contribution in [2.24, 2.45) is 7.05 Å². The van der Waals surface area contributed by atoms with Crippen molar-refractivity contribution in [2.45, 2.75) is 13.5 Å². The Labute approximate surface area is 101 Å². The maximum absolute atomic E-state index is 9.28. The van der Waals surface area contributed by atoms with Gasteiger partial charge >= 0.3 is 0 Å². The van der Waals surface area contributed by atoms with Crippen molar-refractivity contribution in [1.82, 2.24) is 9.78 Å². The topological polar surface area (TPSA) is 38.0 Å². The molecule has 0 fully saturated rings. The number of aryl methyl sites for hydroxylation is 2. The number of hydrogen-bond donors (Lipinski definition) is 1. The Morgan fingerprint density at radius 2 is 1.94 bits per heavy atom. The zero-order valence-corrected chi connectivity index (χ0v) is 9.94. The second-order valence-electron chi connectivity index (χ2n) is 3.80. The Kier molecular flexibility index (Phi) is 3.27. The minimum absolute atomic E-state index is 0.0455. The van der Waals surface area contributed by atoms with Crippen LogP contribution in [-0.4, -0.2) is 14.9 Å². The van der Waals surface area contributed by atoms with E-state index in [9.17, 15) is 5.11 Å². The smallest absolute Gasteiger partial charge is 0.0862 e. The summed E-state index contributed by atoms with van der Waals surface area (Å²) >= 11 is 0. The lowest BCUT2D eigenvalue weighted by molar-refractivity contribution is 0.270. The Morgan fingerprint density at radius 3 is 2.59 bits per heavy atom. The van der Waals surface area contributed by atoms with Gasteiger partial charge < -0.3 is 5.11 Å². The van der Waals surface area contributed by atoms with Gasteiger partial charge in [0, 0.05) is 12.6 Å². The maximum Gasteiger partial charge on any atom is 0.0862 e. The predicted molar refractivity (Wildman–Crippen MR) is 66.3 cm³/mol. The first-order chi connectivity index (χ1) is 8.22. The fraction of sp³-hybridized carbons (Fsp3) is 0.214. The van der Waals surface area contributed by atoms with Gasteiger partial charge in [0.2, 0.25) is 0 Å². The minimum atomic E-state index is -0.0455. The molecule has 0 atom stereocenters. The highest BCUT2D eigenvalue weighted by Crippen LogP contribution is 2.11. The monoisotopic (exact) mass is 226 g/mol. The summed E-state index contributed by atoms with van der Waals surface area (Å²) in [5.74, 6) is 6.15. The first-order valence-corrected chi connectivity index (χ1v) is 5.42. The first-order valence-electron chi connectivity index (χ1n) is 5.42. The van der Waals surface area contributed by atoms with Crippen LogP contribution >= 0.6 is 0 Å². The lowest BCUT2D eigenvalue weighted by Crippen LogP contribution is -1.98. The highest BCUT2D eigenvalue weighted by Gasteiger charge is 2.09. The molecule has 0 aliphatic heterocycles. The summed E-state index contributed by atoms with van der Waals surface area (Å²) in [6.07, 6.45) is 0. The van der Waals surface area contributed by atoms with Crippen LogP contribution in [-0.2, 0) is 13.7 Å². The summed E-state index contributed by atoms with van der Waals surface area (Å²) in [5, 5.41) is 13.5. The molecule has 3 nitrogen and oxygen atoms in total. The summed E-state index contributed by atoms with van der Waals surface area (Å²) in [4.78, 5) is 0. The summed E-state index contributed by atoms with van der Waals surface area (Å²) in [5.41, 5.74) is 3.38. The molecule has 2 aromatic rings. The summed E-state index contributed by atoms with van der Waals surface area (Å²) in [6, 6.07) is 9.77. The highest BCUT2D eigenvalue weighted by molar-refractivity contribution is 5.46. The van der Waals surface area contributed by atoms with Crippen molar-refractivity contribution < 1.29 is 5.11 Å². The molecule has 0 spiro atoms. The van der Waals surface area contributed by atoms with Crippen molar-refractivity contribution in [1.29, 1.82) is 0 Å². The average Bonchev–Trinajstić information content (AvgIpc) is 2.62. The van der Waals surface area contributed by atoms with Crippen LogP contribution in [0.1, 0.15) is 22.5 Å². The van der Waals surface area contributed by atoms with Crippen LogP contribution in [0.4, 0.5) is 0 Å². The van der Waals surface area contributed by atoms with Gasteiger partial charge in [-0.1, -0.05) is 30.0 Å². The zero-order valence-electron chi connectivity index (χ0n) is 9.94. The van der Waals surface area contributed by atoms with Crippen LogP contribution in [0, 0.1) is 18.8 Å². The number of aliphatic hydroxyl groups excluding tert-OH is 1. The van der Waals surface area contributed by atoms with Gasteiger partial charge in [-0.05, 0) is 19.1 Å². The largest absolute Gasteiger partial charge is 0.390 e. The second kappa shape index (κ2) is 4.86. The van der Waals surface area contributed by atoms with E-state index in [0.717, 1.165) is 22.5 Å².